The van der Waals surface area contributed by atoms with E-state index in [1.807, 2.05) is 13.8 Å². The first kappa shape index (κ1) is 102. The minimum Gasteiger partial charge on any atom is -0.508 e. The van der Waals surface area contributed by atoms with E-state index in [1.165, 1.54) is 67.0 Å². The van der Waals surface area contributed by atoms with Crippen molar-refractivity contribution in [2.75, 3.05) is 65.4 Å². The van der Waals surface area contributed by atoms with Gasteiger partial charge in [-0.05, 0) is 118 Å². The van der Waals surface area contributed by atoms with Crippen LogP contribution in [0.4, 0.5) is 0 Å². The highest BCUT2D eigenvalue weighted by Gasteiger charge is 2.45. The predicted octanol–water partition coefficient (Wildman–Crippen LogP) is -0.135. The number of carbonyl (C=O) groups excluding carboxylic acids is 16. The number of nitrogens with zero attached hydrogens (tertiary/aromatic N) is 5. The number of unbranched alkanes of at least 4 members (excludes halogenated alkanes) is 2. The third-order valence-electron chi connectivity index (χ3n) is 23.5. The number of thioether (sulfide) groups is 1. The highest BCUT2D eigenvalue weighted by Crippen LogP contribution is 2.28. The first-order valence-electron chi connectivity index (χ1n) is 44.1. The van der Waals surface area contributed by atoms with Gasteiger partial charge in [0, 0.05) is 106 Å². The molecule has 0 spiro atoms. The van der Waals surface area contributed by atoms with Gasteiger partial charge in [0.05, 0.1) is 18.9 Å². The summed E-state index contributed by atoms with van der Waals surface area (Å²) in [6, 6.07) is -0.738. The van der Waals surface area contributed by atoms with Crippen LogP contribution in [0.25, 0.3) is 21.8 Å². The van der Waals surface area contributed by atoms with E-state index < -0.39 is 229 Å². The average Bonchev–Trinajstić information content (AvgIpc) is 1.69. The third-order valence-corrected chi connectivity index (χ3v) is 24.6. The number of para-hydroxylation sites is 2. The van der Waals surface area contributed by atoms with Crippen LogP contribution in [0.3, 0.4) is 0 Å². The number of nitrogens with two attached hydrogens (primary N) is 2. The maximum absolute atomic E-state index is 15.7. The molecule has 3 aliphatic heterocycles. The first-order valence-corrected chi connectivity index (χ1v) is 45.2. The van der Waals surface area contributed by atoms with Gasteiger partial charge in [0.25, 0.3) is 0 Å². The quantitative estimate of drug-likeness (QED) is 0.0382. The number of carboxylic acid groups (broad SMARTS) is 1. The summed E-state index contributed by atoms with van der Waals surface area (Å²) in [5.41, 5.74) is 14.5. The number of phenolic OH excluding ortho intramolecular Hbond substituents is 1. The van der Waals surface area contributed by atoms with E-state index in [4.69, 9.17) is 11.5 Å². The Bertz CT molecular complexity index is 4810. The first-order chi connectivity index (χ1) is 61.4. The lowest BCUT2D eigenvalue weighted by molar-refractivity contribution is -0.149. The number of carbonyl (C=O) groups is 17. The molecule has 19 N–H and O–H groups in total. The lowest BCUT2D eigenvalue weighted by atomic mass is 9.99. The Labute approximate surface area is 753 Å². The van der Waals surface area contributed by atoms with Crippen molar-refractivity contribution in [3.63, 3.8) is 0 Å². The summed E-state index contributed by atoms with van der Waals surface area (Å²) in [7, 11) is 3.99. The normalized spacial score (nSPS) is 24.9. The topological polar surface area (TPSA) is 571 Å². The second kappa shape index (κ2) is 48.8. The number of aliphatic hydroxyl groups is 1. The molecule has 5 aromatic rings. The fourth-order valence-electron chi connectivity index (χ4n) is 16.2. The van der Waals surface area contributed by atoms with Gasteiger partial charge in [0.2, 0.25) is 94.5 Å². The molecule has 14 atom stereocenters. The van der Waals surface area contributed by atoms with Gasteiger partial charge in [0.15, 0.2) is 0 Å². The molecule has 40 heteroatoms. The van der Waals surface area contributed by atoms with Crippen molar-refractivity contribution in [2.45, 2.75) is 242 Å². The largest absolute Gasteiger partial charge is 0.508 e. The Morgan fingerprint density at radius 1 is 0.512 bits per heavy atom. The monoisotopic (exact) mass is 1810 g/mol. The predicted molar refractivity (Wildman–Crippen MR) is 479 cm³/mol. The maximum Gasteiger partial charge on any atom is 0.303 e. The molecule has 8 rings (SSSR count). The van der Waals surface area contributed by atoms with Crippen LogP contribution < -0.4 is 64.6 Å². The fraction of sp³-hybridized carbons (Fsp3) is 0.562. The second-order valence-electron chi connectivity index (χ2n) is 34.1. The molecule has 16 amide bonds. The Hall–Kier alpha value is -12.2. The molecular weight excluding hydrogens is 1690 g/mol. The van der Waals surface area contributed by atoms with Gasteiger partial charge in [-0.2, -0.15) is 0 Å². The number of amides is 16. The van der Waals surface area contributed by atoms with Crippen LogP contribution in [0, 0.1) is 11.8 Å². The molecule has 2 aromatic heterocycles. The van der Waals surface area contributed by atoms with Crippen LogP contribution in [-0.4, -0.2) is 300 Å². The lowest BCUT2D eigenvalue weighted by Gasteiger charge is -2.36. The molecule has 0 aliphatic carbocycles. The van der Waals surface area contributed by atoms with Crippen LogP contribution in [0.5, 0.6) is 5.75 Å². The minimum atomic E-state index is -1.83. The van der Waals surface area contributed by atoms with Crippen molar-refractivity contribution < 1.29 is 96.8 Å². The van der Waals surface area contributed by atoms with E-state index in [1.54, 1.807) is 88.6 Å². The molecule has 3 fully saturated rings. The molecule has 3 saturated heterocycles. The fourth-order valence-corrected chi connectivity index (χ4v) is 17.1. The van der Waals surface area contributed by atoms with Gasteiger partial charge in [-0.1, -0.05) is 116 Å². The number of benzene rings is 3. The number of nitrogens with one attached hydrogen (secondary N) is 12. The number of aliphatic hydroxyl groups excluding tert-OH is 1. The van der Waals surface area contributed by atoms with Crippen LogP contribution in [0.1, 0.15) is 155 Å². The van der Waals surface area contributed by atoms with E-state index in [-0.39, 0.29) is 101 Å². The molecule has 5 heterocycles. The van der Waals surface area contributed by atoms with Crippen LogP contribution >= 0.6 is 11.8 Å². The molecule has 3 aromatic carbocycles. The number of likely N-dealkylation sites (N-methyl/N-ethyl adjacent to an activating group) is 3. The summed E-state index contributed by atoms with van der Waals surface area (Å²) in [5.74, 6) is -17.0. The standard InChI is InChI=1S/C89H127N19O20S/c1-11-13-25-69-82(121)97-61(37-49(3)4)78(117)103-68(77(116)94-45-73(91)111)47-129-48-74(112)95-64(39-52-29-31-55(110)32-30-52)85(124)104(8)51(7)76(115)96-60(33-34-75(113)114)87(126)107-35-19-28-71(107)84(123)101-66(42-90)80(119)99-63(38-50(5)6)88(127)108-36-20-27-70(108)83(122)98-62(40-53-43-92-58-23-17-15-21-56(53)58)79(118)102-67(46-109)81(120)100-65(41-54-44-93-59-24-18-16-22-57(54)59)86(125)106(10)72(26-14-12-2)89(128)105(69)9/h15-18,21-24,29-32,43-44,49-51,60-72,92-93,109-110H,11-14,19-20,25-28,33-42,45-48,90H2,1-10H3,(H2,91,111)(H,94,116)(H,95,112)(H,96,115)(H,97,121)(H,98,122)(H,99,119)(H,100,120)(H,101,123)(H,102,118)(H,103,117)(H,113,114)/t51-,60-,61-,62-,63-,64-,65-,66-,67-,68-,69-,70-,71-,72-/m0/s1. The van der Waals surface area contributed by atoms with E-state index in [0.717, 1.165) is 21.6 Å². The van der Waals surface area contributed by atoms with Gasteiger partial charge in [-0.3, -0.25) is 81.5 Å². The highest BCUT2D eigenvalue weighted by molar-refractivity contribution is 8.00. The zero-order chi connectivity index (χ0) is 94.6. The number of primary amides is 1. The number of phenols is 1. The Morgan fingerprint density at radius 2 is 0.977 bits per heavy atom. The average molecular weight is 1820 g/mol. The number of aliphatic carboxylic acids is 1. The number of carboxylic acids is 1. The summed E-state index contributed by atoms with van der Waals surface area (Å²) in [5, 5.41) is 59.2. The summed E-state index contributed by atoms with van der Waals surface area (Å²) in [6.07, 6.45) is 3.80. The number of rotatable bonds is 24. The van der Waals surface area contributed by atoms with E-state index >= 15 is 33.6 Å². The molecule has 0 radical (unpaired) electrons. The number of hydrogen-bond acceptors (Lipinski definition) is 21. The minimum absolute atomic E-state index is 0.00175. The summed E-state index contributed by atoms with van der Waals surface area (Å²) in [6.45, 7) is 9.75. The third kappa shape index (κ3) is 28.4. The number of fused-ring (bicyclic) bond motifs is 4. The molecule has 129 heavy (non-hydrogen) atoms. The van der Waals surface area contributed by atoms with Crippen molar-refractivity contribution in [2.24, 2.45) is 23.3 Å². The van der Waals surface area contributed by atoms with Crippen molar-refractivity contribution in [1.29, 1.82) is 0 Å². The van der Waals surface area contributed by atoms with Gasteiger partial charge in [-0.15, -0.1) is 11.8 Å². The zero-order valence-electron chi connectivity index (χ0n) is 74.9. The van der Waals surface area contributed by atoms with Crippen molar-refractivity contribution in [1.82, 2.24) is 87.6 Å². The maximum atomic E-state index is 15.7. The van der Waals surface area contributed by atoms with Gasteiger partial charge >= 0.3 is 5.97 Å². The molecular formula is C89H127N19O20S. The van der Waals surface area contributed by atoms with Crippen LogP contribution in [0.2, 0.25) is 0 Å². The number of aromatic nitrogens is 2. The molecule has 704 valence electrons. The number of H-pyrrole nitrogens is 2. The van der Waals surface area contributed by atoms with Crippen LogP contribution in [0.15, 0.2) is 85.2 Å². The highest BCUT2D eigenvalue weighted by atomic mass is 32.2. The van der Waals surface area contributed by atoms with Crippen molar-refractivity contribution in [3.05, 3.63) is 102 Å². The zero-order valence-corrected chi connectivity index (χ0v) is 75.7. The van der Waals surface area contributed by atoms with Crippen LogP contribution in [-0.2, 0) is 101 Å². The number of aromatic hydroxyl groups is 1. The smallest absolute Gasteiger partial charge is 0.303 e. The Balaban J connectivity index is 1.17. The SMILES string of the molecule is CCCC[C@H]1C(=O)N(C)[C@@H](CCCC)C(=O)N[C@@H](CC(C)C)C(=O)N[C@H](C(=O)NCC(N)=O)CSCC(=O)N[C@@H](Cc2ccc(O)cc2)C(=O)N(C)[C@@H](C)C(=O)N[C@@H](CCC(=O)O)C(=O)N2CCC[C@H]2C(=O)N[C@@H](CN)C(=O)N[C@@H](CC(C)C)C(=O)N2CCC[C@H]2C(=O)N[C@@H](Cc2c[nH]c3ccccc23)C(=O)N[C@@H](CO)C(=O)N[C@@H](Cc2c[nH]c3ccccc23)C(=O)N1C. The number of hydrogen-bond donors (Lipinski definition) is 17. The Kier molecular flexibility index (Phi) is 38.7. The van der Waals surface area contributed by atoms with Crippen molar-refractivity contribution >= 4 is 134 Å². The molecule has 0 bridgehead atoms. The summed E-state index contributed by atoms with van der Waals surface area (Å²) < 4.78 is 0. The summed E-state index contributed by atoms with van der Waals surface area (Å²) in [4.78, 5) is 260. The van der Waals surface area contributed by atoms with E-state index in [2.05, 4.69) is 63.1 Å². The molecule has 39 nitrogen and oxygen atoms in total. The van der Waals surface area contributed by atoms with E-state index in [0.29, 0.717) is 64.2 Å². The summed E-state index contributed by atoms with van der Waals surface area (Å²) >= 11 is 0.799. The lowest BCUT2D eigenvalue weighted by Crippen LogP contribution is -2.62. The van der Waals surface area contributed by atoms with Crippen molar-refractivity contribution in [3.8, 4) is 5.75 Å². The molecule has 0 saturated carbocycles. The van der Waals surface area contributed by atoms with Gasteiger partial charge < -0.3 is 114 Å². The number of aromatic amines is 2. The van der Waals surface area contributed by atoms with Gasteiger partial charge in [0.1, 0.15) is 90.3 Å². The second-order valence-corrected chi connectivity index (χ2v) is 35.2. The Morgan fingerprint density at radius 3 is 1.53 bits per heavy atom. The van der Waals surface area contributed by atoms with E-state index in [9.17, 15) is 63.3 Å². The molecule has 3 aliphatic rings. The molecule has 0 unspecified atom stereocenters. The van der Waals surface area contributed by atoms with Gasteiger partial charge in [-0.25, -0.2) is 0 Å².